The predicted molar refractivity (Wildman–Crippen MR) is 89.2 cm³/mol. The molecular weight excluding hydrogens is 304 g/mol. The van der Waals surface area contributed by atoms with Crippen molar-refractivity contribution >= 4 is 11.5 Å². The zero-order valence-electron chi connectivity index (χ0n) is 13.2. The Morgan fingerprint density at radius 2 is 2.17 bits per heavy atom. The van der Waals surface area contributed by atoms with Crippen molar-refractivity contribution in [3.05, 3.63) is 54.6 Å². The number of benzene rings is 1. The Morgan fingerprint density at radius 3 is 3.04 bits per heavy atom. The SMILES string of the molecule is CCn1nnnc1-c1cccc(NCc2cn3cccnc3n2)c1. The Bertz CT molecular complexity index is 938. The van der Waals surface area contributed by atoms with Crippen LogP contribution in [0.1, 0.15) is 12.6 Å². The van der Waals surface area contributed by atoms with Crippen LogP contribution in [0.15, 0.2) is 48.9 Å². The molecule has 0 radical (unpaired) electrons. The van der Waals surface area contributed by atoms with E-state index in [1.54, 1.807) is 10.9 Å². The van der Waals surface area contributed by atoms with Gasteiger partial charge in [0.05, 0.1) is 12.2 Å². The van der Waals surface area contributed by atoms with Gasteiger partial charge in [-0.3, -0.25) is 4.40 Å². The summed E-state index contributed by atoms with van der Waals surface area (Å²) in [7, 11) is 0. The summed E-state index contributed by atoms with van der Waals surface area (Å²) in [6.07, 6.45) is 5.64. The van der Waals surface area contributed by atoms with Crippen molar-refractivity contribution in [2.45, 2.75) is 20.0 Å². The summed E-state index contributed by atoms with van der Waals surface area (Å²) >= 11 is 0. The molecule has 4 rings (SSSR count). The highest BCUT2D eigenvalue weighted by atomic mass is 15.5. The van der Waals surface area contributed by atoms with Crippen molar-refractivity contribution in [3.8, 4) is 11.4 Å². The molecule has 8 nitrogen and oxygen atoms in total. The topological polar surface area (TPSA) is 85.8 Å². The fraction of sp³-hybridized carbons (Fsp3) is 0.188. The maximum Gasteiger partial charge on any atom is 0.233 e. The Labute approximate surface area is 138 Å². The standard InChI is InChI=1S/C16H16N8/c1-2-24-15(20-21-22-24)12-5-3-6-13(9-12)18-10-14-11-23-8-4-7-17-16(23)19-14/h3-9,11,18H,2,10H2,1H3. The van der Waals surface area contributed by atoms with Crippen molar-refractivity contribution in [2.24, 2.45) is 0 Å². The van der Waals surface area contributed by atoms with Crippen molar-refractivity contribution < 1.29 is 0 Å². The lowest BCUT2D eigenvalue weighted by atomic mass is 10.2. The van der Waals surface area contributed by atoms with E-state index >= 15 is 0 Å². The normalized spacial score (nSPS) is 11.0. The molecule has 0 bridgehead atoms. The highest BCUT2D eigenvalue weighted by molar-refractivity contribution is 5.62. The van der Waals surface area contributed by atoms with Crippen LogP contribution >= 0.6 is 0 Å². The van der Waals surface area contributed by atoms with Crippen LogP contribution in [0.3, 0.4) is 0 Å². The van der Waals surface area contributed by atoms with E-state index < -0.39 is 0 Å². The highest BCUT2D eigenvalue weighted by Crippen LogP contribution is 2.20. The van der Waals surface area contributed by atoms with Gasteiger partial charge in [0, 0.05) is 36.4 Å². The van der Waals surface area contributed by atoms with Crippen LogP contribution in [0.4, 0.5) is 5.69 Å². The number of nitrogens with one attached hydrogen (secondary N) is 1. The smallest absolute Gasteiger partial charge is 0.233 e. The molecular formula is C16H16N8. The van der Waals surface area contributed by atoms with Gasteiger partial charge in [0.25, 0.3) is 0 Å². The van der Waals surface area contributed by atoms with Gasteiger partial charge >= 0.3 is 0 Å². The summed E-state index contributed by atoms with van der Waals surface area (Å²) in [5, 5.41) is 15.2. The number of imidazole rings is 1. The molecule has 3 heterocycles. The number of rotatable bonds is 5. The minimum absolute atomic E-state index is 0.617. The van der Waals surface area contributed by atoms with Gasteiger partial charge < -0.3 is 5.32 Å². The van der Waals surface area contributed by atoms with Gasteiger partial charge in [-0.25, -0.2) is 14.6 Å². The second-order valence-corrected chi connectivity index (χ2v) is 5.31. The van der Waals surface area contributed by atoms with Gasteiger partial charge in [-0.2, -0.15) is 0 Å². The molecule has 0 amide bonds. The number of tetrazole rings is 1. The molecule has 0 aliphatic heterocycles. The summed E-state index contributed by atoms with van der Waals surface area (Å²) in [5.41, 5.74) is 2.89. The predicted octanol–water partition coefficient (Wildman–Crippen LogP) is 2.01. The number of nitrogens with zero attached hydrogens (tertiary/aromatic N) is 7. The van der Waals surface area contributed by atoms with Crippen LogP contribution in [0.25, 0.3) is 17.2 Å². The number of hydrogen-bond donors (Lipinski definition) is 1. The molecule has 0 saturated heterocycles. The van der Waals surface area contributed by atoms with Crippen molar-refractivity contribution in [3.63, 3.8) is 0 Å². The Morgan fingerprint density at radius 1 is 1.21 bits per heavy atom. The van der Waals surface area contributed by atoms with Crippen LogP contribution in [0, 0.1) is 0 Å². The number of hydrogen-bond acceptors (Lipinski definition) is 6. The molecule has 1 aromatic carbocycles. The van der Waals surface area contributed by atoms with Gasteiger partial charge in [-0.05, 0) is 35.5 Å². The van der Waals surface area contributed by atoms with Gasteiger partial charge in [-0.1, -0.05) is 12.1 Å². The minimum atomic E-state index is 0.617. The molecule has 0 aliphatic carbocycles. The molecule has 120 valence electrons. The average Bonchev–Trinajstić information content (AvgIpc) is 3.26. The Kier molecular flexibility index (Phi) is 3.62. The third kappa shape index (κ3) is 2.69. The van der Waals surface area contributed by atoms with E-state index in [0.29, 0.717) is 12.3 Å². The first-order chi connectivity index (χ1) is 11.8. The summed E-state index contributed by atoms with van der Waals surface area (Å²) in [4.78, 5) is 8.70. The molecule has 8 heteroatoms. The quantitative estimate of drug-likeness (QED) is 0.605. The average molecular weight is 320 g/mol. The monoisotopic (exact) mass is 320 g/mol. The van der Waals surface area contributed by atoms with Crippen molar-refractivity contribution in [1.82, 2.24) is 34.6 Å². The first kappa shape index (κ1) is 14.3. The summed E-state index contributed by atoms with van der Waals surface area (Å²) in [6, 6.07) is 9.91. The van der Waals surface area contributed by atoms with E-state index in [-0.39, 0.29) is 0 Å². The van der Waals surface area contributed by atoms with E-state index in [0.717, 1.165) is 29.3 Å². The Balaban J connectivity index is 1.53. The van der Waals surface area contributed by atoms with Gasteiger partial charge in [0.15, 0.2) is 5.82 Å². The molecule has 24 heavy (non-hydrogen) atoms. The third-order valence-electron chi connectivity index (χ3n) is 3.71. The van der Waals surface area contributed by atoms with Crippen LogP contribution in [0.5, 0.6) is 0 Å². The summed E-state index contributed by atoms with van der Waals surface area (Å²) < 4.78 is 3.68. The lowest BCUT2D eigenvalue weighted by Crippen LogP contribution is -2.02. The number of anilines is 1. The van der Waals surface area contributed by atoms with E-state index in [1.807, 2.05) is 54.0 Å². The van der Waals surface area contributed by atoms with Crippen molar-refractivity contribution in [1.29, 1.82) is 0 Å². The fourth-order valence-corrected chi connectivity index (χ4v) is 2.55. The van der Waals surface area contributed by atoms with E-state index in [2.05, 4.69) is 30.8 Å². The van der Waals surface area contributed by atoms with Crippen LogP contribution in [-0.2, 0) is 13.1 Å². The lowest BCUT2D eigenvalue weighted by molar-refractivity contribution is 0.631. The zero-order chi connectivity index (χ0) is 16.4. The van der Waals surface area contributed by atoms with E-state index in [9.17, 15) is 0 Å². The first-order valence-corrected chi connectivity index (χ1v) is 7.72. The van der Waals surface area contributed by atoms with Crippen molar-refractivity contribution in [2.75, 3.05) is 5.32 Å². The number of aryl methyl sites for hydroxylation is 1. The molecule has 0 aliphatic rings. The van der Waals surface area contributed by atoms with E-state index in [4.69, 9.17) is 0 Å². The molecule has 0 saturated carbocycles. The molecule has 0 unspecified atom stereocenters. The summed E-state index contributed by atoms with van der Waals surface area (Å²) in [6.45, 7) is 3.36. The van der Waals surface area contributed by atoms with Gasteiger partial charge in [0.1, 0.15) is 0 Å². The van der Waals surface area contributed by atoms with Crippen LogP contribution < -0.4 is 5.32 Å². The fourth-order valence-electron chi connectivity index (χ4n) is 2.55. The number of aromatic nitrogens is 7. The first-order valence-electron chi connectivity index (χ1n) is 7.72. The molecule has 0 spiro atoms. The summed E-state index contributed by atoms with van der Waals surface area (Å²) in [5.74, 6) is 1.46. The van der Waals surface area contributed by atoms with Crippen LogP contribution in [0.2, 0.25) is 0 Å². The second kappa shape index (κ2) is 6.07. The molecule has 1 N–H and O–H groups in total. The largest absolute Gasteiger partial charge is 0.379 e. The maximum absolute atomic E-state index is 4.48. The van der Waals surface area contributed by atoms with Crippen LogP contribution in [-0.4, -0.2) is 34.6 Å². The number of fused-ring (bicyclic) bond motifs is 1. The zero-order valence-corrected chi connectivity index (χ0v) is 13.2. The second-order valence-electron chi connectivity index (χ2n) is 5.31. The van der Waals surface area contributed by atoms with Gasteiger partial charge in [0.2, 0.25) is 5.78 Å². The maximum atomic E-state index is 4.48. The lowest BCUT2D eigenvalue weighted by Gasteiger charge is -2.07. The molecule has 0 atom stereocenters. The highest BCUT2D eigenvalue weighted by Gasteiger charge is 2.08. The molecule has 3 aromatic heterocycles. The van der Waals surface area contributed by atoms with E-state index in [1.165, 1.54) is 0 Å². The Hall–Kier alpha value is -3.29. The molecule has 4 aromatic rings. The third-order valence-corrected chi connectivity index (χ3v) is 3.71. The minimum Gasteiger partial charge on any atom is -0.379 e. The van der Waals surface area contributed by atoms with Gasteiger partial charge in [-0.15, -0.1) is 5.10 Å². The molecule has 0 fully saturated rings.